The van der Waals surface area contributed by atoms with Gasteiger partial charge in [0.2, 0.25) is 5.96 Å². The number of methoxy groups -OCH3 is 1. The molecule has 4 N–H and O–H groups in total. The lowest BCUT2D eigenvalue weighted by atomic mass is 10.2. The summed E-state index contributed by atoms with van der Waals surface area (Å²) in [5, 5.41) is 3.02. The summed E-state index contributed by atoms with van der Waals surface area (Å²) in [5.41, 5.74) is 2.96. The fourth-order valence-corrected chi connectivity index (χ4v) is 1.45. The van der Waals surface area contributed by atoms with Crippen LogP contribution in [0.1, 0.15) is 12.5 Å². The molecular formula is C12H19FN4O. The van der Waals surface area contributed by atoms with Crippen molar-refractivity contribution in [1.29, 1.82) is 0 Å². The number of guanidine groups is 1. The Labute approximate surface area is 106 Å². The van der Waals surface area contributed by atoms with Gasteiger partial charge in [0.1, 0.15) is 5.82 Å². The van der Waals surface area contributed by atoms with Crippen LogP contribution in [0.2, 0.25) is 0 Å². The summed E-state index contributed by atoms with van der Waals surface area (Å²) in [4.78, 5) is 4.17. The van der Waals surface area contributed by atoms with E-state index in [9.17, 15) is 4.39 Å². The molecule has 1 aromatic carbocycles. The van der Waals surface area contributed by atoms with Gasteiger partial charge in [-0.1, -0.05) is 18.2 Å². The van der Waals surface area contributed by atoms with Crippen molar-refractivity contribution in [3.8, 4) is 0 Å². The van der Waals surface area contributed by atoms with Gasteiger partial charge in [-0.2, -0.15) is 0 Å². The van der Waals surface area contributed by atoms with Crippen LogP contribution in [0.25, 0.3) is 0 Å². The van der Waals surface area contributed by atoms with Crippen molar-refractivity contribution in [3.05, 3.63) is 35.6 Å². The minimum atomic E-state index is -0.275. The molecule has 100 valence electrons. The van der Waals surface area contributed by atoms with Gasteiger partial charge in [0.15, 0.2) is 0 Å². The second-order valence-electron chi connectivity index (χ2n) is 3.90. The number of nitrogens with one attached hydrogen (secondary N) is 2. The number of ether oxygens (including phenoxy) is 1. The largest absolute Gasteiger partial charge is 0.383 e. The molecule has 0 saturated carbocycles. The van der Waals surface area contributed by atoms with Gasteiger partial charge in [0.25, 0.3) is 0 Å². The van der Waals surface area contributed by atoms with Gasteiger partial charge < -0.3 is 10.1 Å². The molecule has 0 saturated heterocycles. The summed E-state index contributed by atoms with van der Waals surface area (Å²) in [6.45, 7) is 2.68. The van der Waals surface area contributed by atoms with E-state index in [1.807, 2.05) is 6.92 Å². The Hall–Kier alpha value is -1.66. The second kappa shape index (κ2) is 7.62. The molecule has 1 aromatic rings. The molecule has 6 heteroatoms. The van der Waals surface area contributed by atoms with E-state index in [-0.39, 0.29) is 18.4 Å². The van der Waals surface area contributed by atoms with Gasteiger partial charge in [-0.05, 0) is 13.0 Å². The lowest BCUT2D eigenvalue weighted by Crippen LogP contribution is -2.46. The van der Waals surface area contributed by atoms with Crippen molar-refractivity contribution in [2.75, 3.05) is 13.7 Å². The predicted octanol–water partition coefficient (Wildman–Crippen LogP) is 0.770. The molecule has 1 rings (SSSR count). The lowest BCUT2D eigenvalue weighted by molar-refractivity contribution is 0.179. The zero-order valence-electron chi connectivity index (χ0n) is 10.6. The summed E-state index contributed by atoms with van der Waals surface area (Å²) in [5.74, 6) is 5.47. The quantitative estimate of drug-likeness (QED) is 0.314. The van der Waals surface area contributed by atoms with Crippen molar-refractivity contribution in [1.82, 2.24) is 10.7 Å². The predicted molar refractivity (Wildman–Crippen MR) is 69.3 cm³/mol. The highest BCUT2D eigenvalue weighted by molar-refractivity contribution is 5.79. The van der Waals surface area contributed by atoms with Crippen LogP contribution in [-0.2, 0) is 11.3 Å². The molecule has 0 spiro atoms. The SMILES string of the molecule is COCC(C)NC(=NCc1ccccc1F)NN. The van der Waals surface area contributed by atoms with Gasteiger partial charge >= 0.3 is 0 Å². The number of nitrogens with two attached hydrogens (primary N) is 1. The molecule has 0 fully saturated rings. The zero-order chi connectivity index (χ0) is 13.4. The third-order valence-corrected chi connectivity index (χ3v) is 2.30. The fraction of sp³-hybridized carbons (Fsp3) is 0.417. The van der Waals surface area contributed by atoms with Crippen molar-refractivity contribution in [2.45, 2.75) is 19.5 Å². The van der Waals surface area contributed by atoms with Crippen LogP contribution in [0, 0.1) is 5.82 Å². The van der Waals surface area contributed by atoms with E-state index >= 15 is 0 Å². The highest BCUT2D eigenvalue weighted by Crippen LogP contribution is 2.07. The Morgan fingerprint density at radius 3 is 2.83 bits per heavy atom. The first-order chi connectivity index (χ1) is 8.67. The van der Waals surface area contributed by atoms with Crippen molar-refractivity contribution in [2.24, 2.45) is 10.8 Å². The van der Waals surface area contributed by atoms with E-state index in [0.717, 1.165) is 0 Å². The van der Waals surface area contributed by atoms with Crippen LogP contribution in [0.3, 0.4) is 0 Å². The van der Waals surface area contributed by atoms with Gasteiger partial charge in [0, 0.05) is 18.7 Å². The van der Waals surface area contributed by atoms with Gasteiger partial charge in [-0.25, -0.2) is 15.2 Å². The molecule has 1 atom stereocenters. The standard InChI is InChI=1S/C12H19FN4O/c1-9(8-18-2)16-12(17-14)15-7-10-5-3-4-6-11(10)13/h3-6,9H,7-8,14H2,1-2H3,(H2,15,16,17). The van der Waals surface area contributed by atoms with E-state index < -0.39 is 0 Å². The smallest absolute Gasteiger partial charge is 0.206 e. The Morgan fingerprint density at radius 1 is 1.50 bits per heavy atom. The van der Waals surface area contributed by atoms with E-state index in [0.29, 0.717) is 18.1 Å². The topological polar surface area (TPSA) is 71.7 Å². The third-order valence-electron chi connectivity index (χ3n) is 2.30. The number of hydrazine groups is 1. The molecule has 5 nitrogen and oxygen atoms in total. The van der Waals surface area contributed by atoms with Gasteiger partial charge in [-0.15, -0.1) is 0 Å². The summed E-state index contributed by atoms with van der Waals surface area (Å²) in [6, 6.07) is 6.56. The average molecular weight is 254 g/mol. The first-order valence-electron chi connectivity index (χ1n) is 5.67. The van der Waals surface area contributed by atoms with Crippen LogP contribution in [0.15, 0.2) is 29.3 Å². The highest BCUT2D eigenvalue weighted by Gasteiger charge is 2.04. The molecular weight excluding hydrogens is 235 g/mol. The normalized spacial score (nSPS) is 13.2. The molecule has 1 unspecified atom stereocenters. The molecule has 0 aliphatic heterocycles. The monoisotopic (exact) mass is 254 g/mol. The first-order valence-corrected chi connectivity index (χ1v) is 5.67. The molecule has 18 heavy (non-hydrogen) atoms. The number of nitrogens with zero attached hydrogens (tertiary/aromatic N) is 1. The van der Waals surface area contributed by atoms with Crippen LogP contribution in [0.5, 0.6) is 0 Å². The molecule has 0 aromatic heterocycles. The summed E-state index contributed by atoms with van der Waals surface area (Å²) >= 11 is 0. The maximum atomic E-state index is 13.4. The average Bonchev–Trinajstić information content (AvgIpc) is 2.36. The summed E-state index contributed by atoms with van der Waals surface area (Å²) in [6.07, 6.45) is 0. The molecule has 0 heterocycles. The third kappa shape index (κ3) is 4.68. The van der Waals surface area contributed by atoms with E-state index in [4.69, 9.17) is 10.6 Å². The van der Waals surface area contributed by atoms with Crippen LogP contribution in [-0.4, -0.2) is 25.7 Å². The van der Waals surface area contributed by atoms with Crippen molar-refractivity contribution in [3.63, 3.8) is 0 Å². The number of rotatable bonds is 5. The number of aliphatic imine (C=N–C) groups is 1. The Balaban J connectivity index is 2.60. The molecule has 0 amide bonds. The molecule has 0 bridgehead atoms. The van der Waals surface area contributed by atoms with E-state index in [2.05, 4.69) is 15.7 Å². The van der Waals surface area contributed by atoms with Gasteiger partial charge in [-0.3, -0.25) is 5.43 Å². The number of hydrogen-bond acceptors (Lipinski definition) is 3. The molecule has 0 aliphatic carbocycles. The summed E-state index contributed by atoms with van der Waals surface area (Å²) in [7, 11) is 1.62. The maximum Gasteiger partial charge on any atom is 0.206 e. The van der Waals surface area contributed by atoms with Crippen LogP contribution in [0.4, 0.5) is 4.39 Å². The minimum absolute atomic E-state index is 0.0606. The fourth-order valence-electron chi connectivity index (χ4n) is 1.45. The van der Waals surface area contributed by atoms with E-state index in [1.54, 1.807) is 25.3 Å². The van der Waals surface area contributed by atoms with Crippen LogP contribution >= 0.6 is 0 Å². The Bertz CT molecular complexity index is 397. The van der Waals surface area contributed by atoms with Gasteiger partial charge in [0.05, 0.1) is 13.2 Å². The van der Waals surface area contributed by atoms with E-state index in [1.165, 1.54) is 6.07 Å². The second-order valence-corrected chi connectivity index (χ2v) is 3.90. The van der Waals surface area contributed by atoms with Crippen molar-refractivity contribution >= 4 is 5.96 Å². The lowest BCUT2D eigenvalue weighted by Gasteiger charge is -2.15. The Morgan fingerprint density at radius 2 is 2.22 bits per heavy atom. The van der Waals surface area contributed by atoms with Crippen LogP contribution < -0.4 is 16.6 Å². The zero-order valence-corrected chi connectivity index (χ0v) is 10.6. The number of hydrogen-bond donors (Lipinski definition) is 3. The van der Waals surface area contributed by atoms with Crippen molar-refractivity contribution < 1.29 is 9.13 Å². The first kappa shape index (κ1) is 14.4. The maximum absolute atomic E-state index is 13.4. The molecule has 0 radical (unpaired) electrons. The number of halogens is 1. The summed E-state index contributed by atoms with van der Waals surface area (Å²) < 4.78 is 18.4. The molecule has 0 aliphatic rings. The number of benzene rings is 1. The highest BCUT2D eigenvalue weighted by atomic mass is 19.1. The Kier molecular flexibility index (Phi) is 6.10. The minimum Gasteiger partial charge on any atom is -0.383 e.